The van der Waals surface area contributed by atoms with Crippen LogP contribution in [0.15, 0.2) is 35.7 Å². The fraction of sp³-hybridized carbons (Fsp3) is 0.182. The quantitative estimate of drug-likeness (QED) is 0.821. The largest absolute Gasteiger partial charge is 0.478 e. The van der Waals surface area contributed by atoms with Crippen molar-refractivity contribution in [1.29, 1.82) is 0 Å². The molecular weight excluding hydrogens is 284 g/mol. The van der Waals surface area contributed by atoms with Gasteiger partial charge in [-0.05, 0) is 12.1 Å². The average molecular weight is 296 g/mol. The van der Waals surface area contributed by atoms with Crippen LogP contribution in [-0.2, 0) is 16.6 Å². The van der Waals surface area contributed by atoms with E-state index in [1.807, 2.05) is 0 Å². The summed E-state index contributed by atoms with van der Waals surface area (Å²) in [6.45, 7) is 0.140. The van der Waals surface area contributed by atoms with Gasteiger partial charge in [0.15, 0.2) is 5.03 Å². The Hall–Kier alpha value is -2.26. The second kappa shape index (κ2) is 5.39. The molecule has 8 nitrogen and oxygen atoms in total. The van der Waals surface area contributed by atoms with Gasteiger partial charge in [0.1, 0.15) is 0 Å². The molecule has 2 aromatic heterocycles. The third-order valence-corrected chi connectivity index (χ3v) is 4.34. The fourth-order valence-electron chi connectivity index (χ4n) is 1.53. The zero-order valence-corrected chi connectivity index (χ0v) is 11.3. The van der Waals surface area contributed by atoms with E-state index in [1.165, 1.54) is 25.4 Å². The summed E-state index contributed by atoms with van der Waals surface area (Å²) in [4.78, 5) is 14.4. The molecule has 0 aromatic carbocycles. The minimum atomic E-state index is -3.77. The second-order valence-corrected chi connectivity index (χ2v) is 6.05. The van der Waals surface area contributed by atoms with Crippen LogP contribution in [0.25, 0.3) is 0 Å². The first-order valence-electron chi connectivity index (χ1n) is 5.54. The Balaban J connectivity index is 2.23. The molecule has 0 saturated heterocycles. The van der Waals surface area contributed by atoms with Gasteiger partial charge in [0.2, 0.25) is 0 Å². The number of carboxylic acid groups (broad SMARTS) is 1. The Kier molecular flexibility index (Phi) is 3.81. The molecule has 2 N–H and O–H groups in total. The minimum absolute atomic E-state index is 0.0681. The first-order chi connectivity index (χ1) is 9.41. The predicted molar refractivity (Wildman–Crippen MR) is 68.4 cm³/mol. The van der Waals surface area contributed by atoms with Gasteiger partial charge in [0.25, 0.3) is 10.0 Å². The van der Waals surface area contributed by atoms with E-state index >= 15 is 0 Å². The van der Waals surface area contributed by atoms with Crippen LogP contribution in [0.4, 0.5) is 0 Å². The summed E-state index contributed by atoms with van der Waals surface area (Å²) in [7, 11) is -2.36. The SMILES string of the molecule is CN(Cc1cn[nH]c1)S(=O)(=O)c1ccc(C(=O)O)cn1. The van der Waals surface area contributed by atoms with Crippen LogP contribution in [0.2, 0.25) is 0 Å². The normalized spacial score (nSPS) is 11.7. The van der Waals surface area contributed by atoms with Crippen LogP contribution < -0.4 is 0 Å². The summed E-state index contributed by atoms with van der Waals surface area (Å²) in [6.07, 6.45) is 4.13. The van der Waals surface area contributed by atoms with Crippen LogP contribution in [0.5, 0.6) is 0 Å². The number of H-pyrrole nitrogens is 1. The van der Waals surface area contributed by atoms with Crippen molar-refractivity contribution in [1.82, 2.24) is 19.5 Å². The Morgan fingerprint density at radius 2 is 2.15 bits per heavy atom. The zero-order valence-electron chi connectivity index (χ0n) is 10.5. The van der Waals surface area contributed by atoms with Crippen molar-refractivity contribution in [2.24, 2.45) is 0 Å². The summed E-state index contributed by atoms with van der Waals surface area (Å²) in [5.41, 5.74) is 0.639. The monoisotopic (exact) mass is 296 g/mol. The molecule has 0 amide bonds. The van der Waals surface area contributed by atoms with E-state index in [-0.39, 0.29) is 17.1 Å². The van der Waals surface area contributed by atoms with Crippen molar-refractivity contribution in [3.8, 4) is 0 Å². The van der Waals surface area contributed by atoms with E-state index in [1.54, 1.807) is 6.20 Å². The molecule has 2 aromatic rings. The predicted octanol–water partition coefficient (Wildman–Crippen LogP) is 0.324. The Bertz CT molecular complexity index is 695. The van der Waals surface area contributed by atoms with Crippen molar-refractivity contribution in [2.75, 3.05) is 7.05 Å². The zero-order chi connectivity index (χ0) is 14.8. The van der Waals surface area contributed by atoms with Gasteiger partial charge in [-0.3, -0.25) is 5.10 Å². The fourth-order valence-corrected chi connectivity index (χ4v) is 2.59. The number of nitrogens with one attached hydrogen (secondary N) is 1. The van der Waals surface area contributed by atoms with Crippen LogP contribution in [0.3, 0.4) is 0 Å². The van der Waals surface area contributed by atoms with Crippen molar-refractivity contribution in [3.05, 3.63) is 41.9 Å². The standard InChI is InChI=1S/C11H12N4O4S/c1-15(7-8-4-13-14-5-8)20(18,19)10-3-2-9(6-12-10)11(16)17/h2-6H,7H2,1H3,(H,13,14)(H,16,17). The van der Waals surface area contributed by atoms with Gasteiger partial charge >= 0.3 is 5.97 Å². The van der Waals surface area contributed by atoms with Crippen LogP contribution in [-0.4, -0.2) is 46.0 Å². The highest BCUT2D eigenvalue weighted by atomic mass is 32.2. The lowest BCUT2D eigenvalue weighted by atomic mass is 10.3. The number of hydrogen-bond acceptors (Lipinski definition) is 5. The smallest absolute Gasteiger partial charge is 0.337 e. The lowest BCUT2D eigenvalue weighted by molar-refractivity contribution is 0.0696. The highest BCUT2D eigenvalue weighted by Gasteiger charge is 2.23. The molecule has 20 heavy (non-hydrogen) atoms. The highest BCUT2D eigenvalue weighted by molar-refractivity contribution is 7.89. The molecule has 0 spiro atoms. The molecule has 0 fully saturated rings. The van der Waals surface area contributed by atoms with Crippen molar-refractivity contribution in [3.63, 3.8) is 0 Å². The maximum Gasteiger partial charge on any atom is 0.337 e. The summed E-state index contributed by atoms with van der Waals surface area (Å²) < 4.78 is 25.6. The first-order valence-corrected chi connectivity index (χ1v) is 6.98. The average Bonchev–Trinajstić information content (AvgIpc) is 2.91. The summed E-state index contributed by atoms with van der Waals surface area (Å²) in [5.74, 6) is -1.16. The Labute approximate surface area is 115 Å². The van der Waals surface area contributed by atoms with Gasteiger partial charge < -0.3 is 5.11 Å². The molecule has 0 aliphatic carbocycles. The number of sulfonamides is 1. The van der Waals surface area contributed by atoms with E-state index in [9.17, 15) is 13.2 Å². The van der Waals surface area contributed by atoms with Gasteiger partial charge in [-0.25, -0.2) is 18.2 Å². The number of rotatable bonds is 5. The molecule has 106 valence electrons. The Morgan fingerprint density at radius 3 is 2.65 bits per heavy atom. The molecule has 0 unspecified atom stereocenters. The number of hydrogen-bond donors (Lipinski definition) is 2. The number of nitrogens with zero attached hydrogens (tertiary/aromatic N) is 3. The molecule has 0 aliphatic heterocycles. The molecule has 2 heterocycles. The third kappa shape index (κ3) is 2.83. The van der Waals surface area contributed by atoms with E-state index in [4.69, 9.17) is 5.11 Å². The van der Waals surface area contributed by atoms with E-state index in [0.717, 1.165) is 10.5 Å². The first kappa shape index (κ1) is 14.2. The maximum atomic E-state index is 12.2. The van der Waals surface area contributed by atoms with Gasteiger partial charge in [-0.15, -0.1) is 0 Å². The maximum absolute atomic E-state index is 12.2. The molecule has 9 heteroatoms. The van der Waals surface area contributed by atoms with Gasteiger partial charge in [-0.2, -0.15) is 9.40 Å². The van der Waals surface area contributed by atoms with Crippen molar-refractivity contribution in [2.45, 2.75) is 11.6 Å². The van der Waals surface area contributed by atoms with Gasteiger partial charge in [0, 0.05) is 31.5 Å². The molecule has 2 rings (SSSR count). The van der Waals surface area contributed by atoms with E-state index in [2.05, 4.69) is 15.2 Å². The van der Waals surface area contributed by atoms with Crippen LogP contribution in [0.1, 0.15) is 15.9 Å². The molecule has 0 radical (unpaired) electrons. The van der Waals surface area contributed by atoms with E-state index < -0.39 is 16.0 Å². The lowest BCUT2D eigenvalue weighted by Crippen LogP contribution is -2.27. The highest BCUT2D eigenvalue weighted by Crippen LogP contribution is 2.14. The molecule has 0 bridgehead atoms. The number of pyridine rings is 1. The topological polar surface area (TPSA) is 116 Å². The number of carboxylic acids is 1. The number of carbonyl (C=O) groups is 1. The minimum Gasteiger partial charge on any atom is -0.478 e. The molecular formula is C11H12N4O4S. The number of aromatic amines is 1. The van der Waals surface area contributed by atoms with Crippen LogP contribution in [0, 0.1) is 0 Å². The molecule has 0 atom stereocenters. The Morgan fingerprint density at radius 1 is 1.40 bits per heavy atom. The second-order valence-electron chi connectivity index (χ2n) is 4.06. The summed E-state index contributed by atoms with van der Waals surface area (Å²) >= 11 is 0. The van der Waals surface area contributed by atoms with Crippen LogP contribution >= 0.6 is 0 Å². The molecule has 0 saturated carbocycles. The van der Waals surface area contributed by atoms with Gasteiger partial charge in [-0.1, -0.05) is 0 Å². The summed E-state index contributed by atoms with van der Waals surface area (Å²) in [5, 5.41) is 14.9. The summed E-state index contributed by atoms with van der Waals surface area (Å²) in [6, 6.07) is 2.37. The molecule has 0 aliphatic rings. The number of aromatic carboxylic acids is 1. The van der Waals surface area contributed by atoms with E-state index in [0.29, 0.717) is 5.56 Å². The lowest BCUT2D eigenvalue weighted by Gasteiger charge is -2.15. The van der Waals surface area contributed by atoms with Gasteiger partial charge in [0.05, 0.1) is 11.8 Å². The van der Waals surface area contributed by atoms with Crippen molar-refractivity contribution < 1.29 is 18.3 Å². The third-order valence-electron chi connectivity index (χ3n) is 2.62. The van der Waals surface area contributed by atoms with Crippen molar-refractivity contribution >= 4 is 16.0 Å². The number of aromatic nitrogens is 3.